The Bertz CT molecular complexity index is 871. The van der Waals surface area contributed by atoms with Gasteiger partial charge in [0.2, 0.25) is 0 Å². The largest absolute Gasteiger partial charge is 0.414 e. The minimum Gasteiger partial charge on any atom is -0.414 e. The molecule has 0 heterocycles. The smallest absolute Gasteiger partial charge is 0.192 e. The Kier molecular flexibility index (Phi) is 8.10. The van der Waals surface area contributed by atoms with Crippen molar-refractivity contribution in [3.8, 4) is 0 Å². The van der Waals surface area contributed by atoms with Crippen LogP contribution in [0.25, 0.3) is 0 Å². The van der Waals surface area contributed by atoms with E-state index in [0.717, 1.165) is 5.92 Å². The normalized spacial score (nSPS) is 41.2. The number of Topliss-reactive ketones (excluding diaryl/α,β-unsaturated/α-hetero) is 2. The Morgan fingerprint density at radius 2 is 1.65 bits per heavy atom. The van der Waals surface area contributed by atoms with E-state index in [9.17, 15) is 9.59 Å². The summed E-state index contributed by atoms with van der Waals surface area (Å²) >= 11 is 0. The fraction of sp³-hybridized carbons (Fsp3) is 0.939. The van der Waals surface area contributed by atoms with Crippen LogP contribution in [0.3, 0.4) is 0 Å². The molecule has 0 saturated heterocycles. The second-order valence-electron chi connectivity index (χ2n) is 16.4. The molecular weight excluding hydrogens is 472 g/mol. The quantitative estimate of drug-likeness (QED) is 0.309. The van der Waals surface area contributed by atoms with Crippen LogP contribution >= 0.6 is 0 Å². The lowest BCUT2D eigenvalue weighted by molar-refractivity contribution is -0.145. The van der Waals surface area contributed by atoms with Crippen LogP contribution in [0.1, 0.15) is 120 Å². The van der Waals surface area contributed by atoms with Gasteiger partial charge in [-0.15, -0.1) is 0 Å². The van der Waals surface area contributed by atoms with E-state index < -0.39 is 8.32 Å². The highest BCUT2D eigenvalue weighted by Gasteiger charge is 2.63. The van der Waals surface area contributed by atoms with E-state index in [4.69, 9.17) is 4.43 Å². The average molecular weight is 531 g/mol. The lowest BCUT2D eigenvalue weighted by Crippen LogP contribution is -2.56. The maximum Gasteiger partial charge on any atom is 0.192 e. The highest BCUT2D eigenvalue weighted by molar-refractivity contribution is 6.74. The van der Waals surface area contributed by atoms with Crippen molar-refractivity contribution in [2.45, 2.75) is 144 Å². The summed E-state index contributed by atoms with van der Waals surface area (Å²) < 4.78 is 6.93. The van der Waals surface area contributed by atoms with Crippen molar-refractivity contribution in [2.75, 3.05) is 0 Å². The number of carbonyl (C=O) groups excluding carboxylic acids is 2. The minimum atomic E-state index is -1.75. The van der Waals surface area contributed by atoms with Gasteiger partial charge in [-0.05, 0) is 109 Å². The third-order valence-electron chi connectivity index (χ3n) is 12.6. The predicted molar refractivity (Wildman–Crippen MR) is 156 cm³/mol. The van der Waals surface area contributed by atoms with Gasteiger partial charge in [-0.2, -0.15) is 0 Å². The van der Waals surface area contributed by atoms with E-state index in [1.807, 2.05) is 0 Å². The Labute approximate surface area is 229 Å². The molecule has 4 heteroatoms. The molecule has 3 nitrogen and oxygen atoms in total. The summed E-state index contributed by atoms with van der Waals surface area (Å²) in [4.78, 5) is 26.4. The van der Waals surface area contributed by atoms with Gasteiger partial charge in [-0.1, -0.05) is 55.4 Å². The minimum absolute atomic E-state index is 0.0849. The molecule has 0 aromatic carbocycles. The lowest BCUT2D eigenvalue weighted by Gasteiger charge is -2.61. The van der Waals surface area contributed by atoms with E-state index in [1.165, 1.54) is 44.9 Å². The molecule has 4 saturated carbocycles. The number of hydrogen-bond acceptors (Lipinski definition) is 3. The first-order chi connectivity index (χ1) is 17.0. The number of carbonyl (C=O) groups is 2. The SMILES string of the molecule is CC(C)CC(=O)C[C@@H](C)[C@H]1CC(=O)[C@H]2[C@@H]3CC[C@H]4C[C@@H](O[Si](C)(C)C(C)(C)C)CC[C@]4(C)[C@H]3CC[C@]12C. The Morgan fingerprint density at radius 3 is 2.27 bits per heavy atom. The summed E-state index contributed by atoms with van der Waals surface area (Å²) in [6.45, 7) is 23.4. The van der Waals surface area contributed by atoms with Gasteiger partial charge in [0.15, 0.2) is 8.32 Å². The van der Waals surface area contributed by atoms with Crippen molar-refractivity contribution in [2.24, 2.45) is 52.3 Å². The fourth-order valence-corrected chi connectivity index (χ4v) is 11.0. The molecule has 0 spiro atoms. The van der Waals surface area contributed by atoms with Crippen LogP contribution in [-0.2, 0) is 14.0 Å². The molecule has 212 valence electrons. The molecule has 0 aromatic rings. The highest BCUT2D eigenvalue weighted by atomic mass is 28.4. The fourth-order valence-electron chi connectivity index (χ4n) is 9.65. The molecular formula is C33H58O3Si. The van der Waals surface area contributed by atoms with Gasteiger partial charge in [0.25, 0.3) is 0 Å². The number of hydrogen-bond donors (Lipinski definition) is 0. The summed E-state index contributed by atoms with van der Waals surface area (Å²) in [6.07, 6.45) is 11.1. The molecule has 9 atom stereocenters. The molecule has 4 aliphatic rings. The van der Waals surface area contributed by atoms with Crippen LogP contribution in [0.2, 0.25) is 18.1 Å². The maximum atomic E-state index is 13.7. The summed E-state index contributed by atoms with van der Waals surface area (Å²) in [5, 5.41) is 0.259. The van der Waals surface area contributed by atoms with Gasteiger partial charge in [0, 0.05) is 31.3 Å². The standard InChI is InChI=1S/C33H58O3Si/c1-21(2)17-24(34)18-22(3)28-20-29(35)30-26-12-11-23-19-25(36-37(9,10)31(4,5)6)13-15-32(23,7)27(26)14-16-33(28,30)8/h21-23,25-28,30H,11-20H2,1-10H3/t22-,23+,25+,26-,27+,28-,30-,32+,33-/m1/s1. The topological polar surface area (TPSA) is 43.4 Å². The zero-order chi connectivity index (χ0) is 27.6. The average Bonchev–Trinajstić information content (AvgIpc) is 3.03. The first kappa shape index (κ1) is 29.5. The first-order valence-corrected chi connectivity index (χ1v) is 18.6. The molecule has 4 fully saturated rings. The van der Waals surface area contributed by atoms with Crippen molar-refractivity contribution in [3.05, 3.63) is 0 Å². The van der Waals surface area contributed by atoms with Gasteiger partial charge >= 0.3 is 0 Å². The third kappa shape index (κ3) is 5.33. The second kappa shape index (κ2) is 10.2. The molecule has 0 aromatic heterocycles. The van der Waals surface area contributed by atoms with Gasteiger partial charge < -0.3 is 4.43 Å². The molecule has 4 rings (SSSR count). The third-order valence-corrected chi connectivity index (χ3v) is 17.1. The zero-order valence-electron chi connectivity index (χ0n) is 25.9. The second-order valence-corrected chi connectivity index (χ2v) is 21.2. The molecule has 4 aliphatic carbocycles. The zero-order valence-corrected chi connectivity index (χ0v) is 26.9. The van der Waals surface area contributed by atoms with Crippen LogP contribution in [-0.4, -0.2) is 26.0 Å². The number of fused-ring (bicyclic) bond motifs is 5. The molecule has 0 radical (unpaired) electrons. The number of ketones is 2. The van der Waals surface area contributed by atoms with E-state index in [2.05, 4.69) is 68.5 Å². The van der Waals surface area contributed by atoms with Crippen molar-refractivity contribution in [1.29, 1.82) is 0 Å². The van der Waals surface area contributed by atoms with Crippen LogP contribution in [0.4, 0.5) is 0 Å². The number of rotatable bonds is 7. The first-order valence-electron chi connectivity index (χ1n) is 15.7. The van der Waals surface area contributed by atoms with Crippen molar-refractivity contribution >= 4 is 19.9 Å². The van der Waals surface area contributed by atoms with E-state index >= 15 is 0 Å². The highest BCUT2D eigenvalue weighted by Crippen LogP contribution is 2.67. The summed E-state index contributed by atoms with van der Waals surface area (Å²) in [6, 6.07) is 0. The Hall–Kier alpha value is -0.483. The van der Waals surface area contributed by atoms with Gasteiger partial charge in [-0.25, -0.2) is 0 Å². The van der Waals surface area contributed by atoms with Crippen LogP contribution in [0.5, 0.6) is 0 Å². The molecule has 0 unspecified atom stereocenters. The molecule has 0 aliphatic heterocycles. The van der Waals surface area contributed by atoms with E-state index in [0.29, 0.717) is 71.9 Å². The lowest BCUT2D eigenvalue weighted by atomic mass is 9.44. The Morgan fingerprint density at radius 1 is 1.00 bits per heavy atom. The predicted octanol–water partition coefficient (Wildman–Crippen LogP) is 8.86. The van der Waals surface area contributed by atoms with Gasteiger partial charge in [0.05, 0.1) is 0 Å². The monoisotopic (exact) mass is 530 g/mol. The summed E-state index contributed by atoms with van der Waals surface area (Å²) in [5.74, 6) is 4.22. The van der Waals surface area contributed by atoms with E-state index in [1.54, 1.807) is 0 Å². The molecule has 0 amide bonds. The van der Waals surface area contributed by atoms with Crippen molar-refractivity contribution in [1.82, 2.24) is 0 Å². The summed E-state index contributed by atoms with van der Waals surface area (Å²) in [5.41, 5.74) is 0.441. The van der Waals surface area contributed by atoms with Gasteiger partial charge in [0.1, 0.15) is 11.6 Å². The van der Waals surface area contributed by atoms with Crippen LogP contribution in [0.15, 0.2) is 0 Å². The molecule has 0 bridgehead atoms. The Balaban J connectivity index is 1.47. The van der Waals surface area contributed by atoms with Gasteiger partial charge in [-0.3, -0.25) is 9.59 Å². The van der Waals surface area contributed by atoms with Crippen LogP contribution in [0, 0.1) is 52.3 Å². The summed E-state index contributed by atoms with van der Waals surface area (Å²) in [7, 11) is -1.75. The van der Waals surface area contributed by atoms with Crippen molar-refractivity contribution in [3.63, 3.8) is 0 Å². The molecule has 0 N–H and O–H groups in total. The van der Waals surface area contributed by atoms with Crippen LogP contribution < -0.4 is 0 Å². The van der Waals surface area contributed by atoms with E-state index in [-0.39, 0.29) is 16.4 Å². The maximum absolute atomic E-state index is 13.7. The van der Waals surface area contributed by atoms with Crippen molar-refractivity contribution < 1.29 is 14.0 Å². The molecule has 37 heavy (non-hydrogen) atoms.